The number of rotatable bonds is 6. The van der Waals surface area contributed by atoms with Crippen LogP contribution in [0.25, 0.3) is 0 Å². The van der Waals surface area contributed by atoms with Crippen LogP contribution in [0.15, 0.2) is 12.1 Å². The maximum atomic E-state index is 13.0. The second-order valence-corrected chi connectivity index (χ2v) is 9.25. The number of halogens is 2. The summed E-state index contributed by atoms with van der Waals surface area (Å²) in [5.74, 6) is -4.63. The average Bonchev–Trinajstić information content (AvgIpc) is 2.98. The summed E-state index contributed by atoms with van der Waals surface area (Å²) in [6.07, 6.45) is -2.61. The number of fused-ring (bicyclic) bond motifs is 2. The van der Waals surface area contributed by atoms with E-state index in [1.54, 1.807) is 25.7 Å². The molecule has 3 aliphatic rings. The van der Waals surface area contributed by atoms with Crippen molar-refractivity contribution in [1.29, 1.82) is 0 Å². The van der Waals surface area contributed by atoms with Crippen LogP contribution in [0.1, 0.15) is 40.0 Å². The van der Waals surface area contributed by atoms with E-state index in [4.69, 9.17) is 46.9 Å². The number of likely N-dealkylation sites (tertiary alicyclic amines) is 1. The quantitative estimate of drug-likeness (QED) is 0.563. The van der Waals surface area contributed by atoms with Gasteiger partial charge in [-0.05, 0) is 26.5 Å². The Hall–Kier alpha value is -2.27. The van der Waals surface area contributed by atoms with Crippen molar-refractivity contribution in [2.75, 3.05) is 19.7 Å². The van der Waals surface area contributed by atoms with Gasteiger partial charge in [0.1, 0.15) is 0 Å². The van der Waals surface area contributed by atoms with Gasteiger partial charge >= 0.3 is 23.7 Å². The van der Waals surface area contributed by atoms with Crippen LogP contribution in [-0.4, -0.2) is 70.8 Å². The summed E-state index contributed by atoms with van der Waals surface area (Å²) < 4.78 is 29.0. The van der Waals surface area contributed by atoms with Crippen molar-refractivity contribution < 1.29 is 43.2 Å². The summed E-state index contributed by atoms with van der Waals surface area (Å²) in [5, 5.41) is 11.2. The van der Waals surface area contributed by atoms with E-state index in [1.807, 2.05) is 0 Å². The Bertz CT molecular complexity index is 1040. The summed E-state index contributed by atoms with van der Waals surface area (Å²) in [7, 11) is 0. The third kappa shape index (κ3) is 3.77. The van der Waals surface area contributed by atoms with Crippen LogP contribution in [0, 0.1) is 0 Å². The fourth-order valence-corrected chi connectivity index (χ4v) is 5.39. The molecule has 34 heavy (non-hydrogen) atoms. The molecule has 0 amide bonds. The number of carbonyl (C=O) groups excluding carboxylic acids is 3. The summed E-state index contributed by atoms with van der Waals surface area (Å²) in [6, 6.07) is 2.98. The maximum absolute atomic E-state index is 13.0. The van der Waals surface area contributed by atoms with Crippen LogP contribution in [0.4, 0.5) is 0 Å². The first-order chi connectivity index (χ1) is 16.0. The van der Waals surface area contributed by atoms with Crippen molar-refractivity contribution in [3.8, 4) is 11.5 Å². The van der Waals surface area contributed by atoms with E-state index < -0.39 is 54.0 Å². The average molecular weight is 518 g/mol. The lowest BCUT2D eigenvalue weighted by molar-refractivity contribution is -0.332. The Balaban J connectivity index is 1.86. The van der Waals surface area contributed by atoms with E-state index in [2.05, 4.69) is 0 Å². The van der Waals surface area contributed by atoms with E-state index in [1.165, 1.54) is 12.1 Å². The number of hydrogen-bond donors (Lipinski definition) is 1. The van der Waals surface area contributed by atoms with Gasteiger partial charge in [-0.25, -0.2) is 4.79 Å². The van der Waals surface area contributed by atoms with Crippen molar-refractivity contribution in [1.82, 2.24) is 4.90 Å². The molecule has 4 atom stereocenters. The van der Waals surface area contributed by atoms with E-state index >= 15 is 0 Å². The number of esters is 3. The van der Waals surface area contributed by atoms with Crippen LogP contribution in [0.3, 0.4) is 0 Å². The number of benzene rings is 1. The lowest BCUT2D eigenvalue weighted by Crippen LogP contribution is -2.71. The molecule has 186 valence electrons. The second kappa shape index (κ2) is 8.75. The largest absolute Gasteiger partial charge is 0.488 e. The molecule has 1 aromatic carbocycles. The van der Waals surface area contributed by atoms with E-state index in [0.717, 1.165) is 0 Å². The normalized spacial score (nSPS) is 32.0. The SMILES string of the molecule is CCOc1c(Cl)cc(Cl)cc1OC(C)C12OC(=O)CC3(O)CC(=O)OC1(CCN2CC)OC3=O. The molecular formula is C22H25Cl2NO9. The van der Waals surface area contributed by atoms with Gasteiger partial charge in [-0.1, -0.05) is 30.1 Å². The summed E-state index contributed by atoms with van der Waals surface area (Å²) >= 11 is 12.5. The number of nitrogens with zero attached hydrogens (tertiary/aromatic N) is 1. The highest BCUT2D eigenvalue weighted by atomic mass is 35.5. The molecule has 0 saturated carbocycles. The molecule has 0 radical (unpaired) electrons. The highest BCUT2D eigenvalue weighted by Gasteiger charge is 2.75. The molecule has 3 fully saturated rings. The minimum atomic E-state index is -2.38. The van der Waals surface area contributed by atoms with Gasteiger partial charge in [0.05, 0.1) is 24.5 Å². The van der Waals surface area contributed by atoms with Gasteiger partial charge in [-0.2, -0.15) is 0 Å². The molecule has 10 nitrogen and oxygen atoms in total. The zero-order valence-electron chi connectivity index (χ0n) is 18.9. The molecule has 2 bridgehead atoms. The Morgan fingerprint density at radius 1 is 1.12 bits per heavy atom. The highest BCUT2D eigenvalue weighted by Crippen LogP contribution is 2.51. The molecular weight excluding hydrogens is 493 g/mol. The second-order valence-electron chi connectivity index (χ2n) is 8.41. The van der Waals surface area contributed by atoms with Crippen molar-refractivity contribution in [3.05, 3.63) is 22.2 Å². The maximum Gasteiger partial charge on any atom is 0.342 e. The summed E-state index contributed by atoms with van der Waals surface area (Å²) in [6.45, 7) is 6.00. The van der Waals surface area contributed by atoms with Gasteiger partial charge in [0.2, 0.25) is 0 Å². The first kappa shape index (κ1) is 24.8. The molecule has 4 unspecified atom stereocenters. The zero-order chi connectivity index (χ0) is 24.9. The topological polar surface area (TPSA) is 121 Å². The first-order valence-corrected chi connectivity index (χ1v) is 11.7. The smallest absolute Gasteiger partial charge is 0.342 e. The van der Waals surface area contributed by atoms with Gasteiger partial charge in [0, 0.05) is 24.1 Å². The van der Waals surface area contributed by atoms with Gasteiger partial charge in [0.25, 0.3) is 5.72 Å². The van der Waals surface area contributed by atoms with Gasteiger partial charge in [-0.15, -0.1) is 0 Å². The molecule has 4 rings (SSSR count). The first-order valence-electron chi connectivity index (χ1n) is 10.9. The zero-order valence-corrected chi connectivity index (χ0v) is 20.4. The van der Waals surface area contributed by atoms with Crippen LogP contribution >= 0.6 is 23.2 Å². The van der Waals surface area contributed by atoms with Gasteiger partial charge in [0.15, 0.2) is 23.2 Å². The third-order valence-electron chi connectivity index (χ3n) is 6.29. The molecule has 3 aliphatic heterocycles. The third-order valence-corrected chi connectivity index (χ3v) is 6.78. The van der Waals surface area contributed by atoms with Crippen molar-refractivity contribution in [2.45, 2.75) is 63.3 Å². The monoisotopic (exact) mass is 517 g/mol. The molecule has 1 aromatic rings. The van der Waals surface area contributed by atoms with Crippen molar-refractivity contribution >= 4 is 41.1 Å². The fourth-order valence-electron chi connectivity index (χ4n) is 4.86. The van der Waals surface area contributed by atoms with E-state index in [-0.39, 0.29) is 41.1 Å². The molecule has 3 saturated heterocycles. The molecule has 1 N–H and O–H groups in total. The minimum absolute atomic E-state index is 0.00992. The van der Waals surface area contributed by atoms with Crippen molar-refractivity contribution in [2.24, 2.45) is 0 Å². The standard InChI is InChI=1S/C22H25Cl2NO9/c1-4-25-7-6-21-22(25,12(3)31-15-9-13(23)8-14(24)18(15)30-5-2)33-17(27)11-20(29,19(28)34-21)10-16(26)32-21/h8-9,12,29H,4-7,10-11H2,1-3H3. The van der Waals surface area contributed by atoms with E-state index in [9.17, 15) is 19.5 Å². The van der Waals surface area contributed by atoms with E-state index in [0.29, 0.717) is 6.54 Å². The Labute approximate surface area is 205 Å². The van der Waals surface area contributed by atoms with Gasteiger partial charge in [-0.3, -0.25) is 14.5 Å². The number of aliphatic hydroxyl groups is 1. The molecule has 0 aromatic heterocycles. The summed E-state index contributed by atoms with van der Waals surface area (Å²) in [4.78, 5) is 40.3. The number of ether oxygens (including phenoxy) is 5. The van der Waals surface area contributed by atoms with Crippen LogP contribution in [-0.2, 0) is 28.6 Å². The van der Waals surface area contributed by atoms with Crippen LogP contribution in [0.5, 0.6) is 11.5 Å². The Morgan fingerprint density at radius 3 is 2.44 bits per heavy atom. The fraction of sp³-hybridized carbons (Fsp3) is 0.591. The minimum Gasteiger partial charge on any atom is -0.488 e. The summed E-state index contributed by atoms with van der Waals surface area (Å²) in [5.41, 5.74) is -4.25. The van der Waals surface area contributed by atoms with Crippen LogP contribution in [0.2, 0.25) is 10.0 Å². The number of likely N-dealkylation sites (N-methyl/N-ethyl adjacent to an activating group) is 1. The Kier molecular flexibility index (Phi) is 6.39. The van der Waals surface area contributed by atoms with Crippen molar-refractivity contribution in [3.63, 3.8) is 0 Å². The molecule has 1 spiro atoms. The lowest BCUT2D eigenvalue weighted by atomic mass is 9.93. The van der Waals surface area contributed by atoms with Gasteiger partial charge < -0.3 is 28.8 Å². The predicted molar refractivity (Wildman–Crippen MR) is 118 cm³/mol. The molecule has 12 heteroatoms. The predicted octanol–water partition coefficient (Wildman–Crippen LogP) is 2.45. The highest BCUT2D eigenvalue weighted by molar-refractivity contribution is 6.35. The number of carbonyl (C=O) groups is 3. The lowest BCUT2D eigenvalue weighted by Gasteiger charge is -2.49. The number of hydrogen-bond acceptors (Lipinski definition) is 10. The molecule has 3 heterocycles. The Morgan fingerprint density at radius 2 is 1.79 bits per heavy atom. The van der Waals surface area contributed by atoms with Crippen LogP contribution < -0.4 is 9.47 Å². The molecule has 0 aliphatic carbocycles.